The third-order valence-electron chi connectivity index (χ3n) is 15.6. The van der Waals surface area contributed by atoms with E-state index in [1.165, 1.54) is 74.9 Å². The van der Waals surface area contributed by atoms with E-state index in [4.69, 9.17) is 9.97 Å². The molecule has 3 heterocycles. The van der Waals surface area contributed by atoms with Gasteiger partial charge in [-0.2, -0.15) is 0 Å². The van der Waals surface area contributed by atoms with Crippen molar-refractivity contribution in [2.45, 2.75) is 0 Å². The molecule has 1 aromatic heterocycles. The van der Waals surface area contributed by atoms with Gasteiger partial charge < -0.3 is 0 Å². The normalized spacial score (nSPS) is 13.4. The van der Waals surface area contributed by atoms with Gasteiger partial charge in [-0.25, -0.2) is 9.97 Å². The lowest BCUT2D eigenvalue weighted by Gasteiger charge is -2.31. The van der Waals surface area contributed by atoms with Gasteiger partial charge in [-0.05, 0) is 110 Å². The van der Waals surface area contributed by atoms with Crippen LogP contribution in [0.5, 0.6) is 0 Å². The van der Waals surface area contributed by atoms with Gasteiger partial charge in [0.2, 0.25) is 0 Å². The Morgan fingerprint density at radius 1 is 0.203 bits per heavy atom. The second kappa shape index (κ2) is 17.9. The van der Waals surface area contributed by atoms with Crippen molar-refractivity contribution in [3.05, 3.63) is 291 Å². The van der Waals surface area contributed by atoms with E-state index in [1.54, 1.807) is 0 Å². The topological polar surface area (TPSA) is 25.8 Å². The van der Waals surface area contributed by atoms with E-state index in [-0.39, 0.29) is 0 Å². The summed E-state index contributed by atoms with van der Waals surface area (Å²) in [5.41, 5.74) is 14.7. The first kappa shape index (κ1) is 43.7. The lowest BCUT2D eigenvalue weighted by atomic mass is 9.93. The number of benzene rings is 11. The quantitative estimate of drug-likeness (QED) is 0.135. The molecule has 0 unspecified atom stereocenters. The van der Waals surface area contributed by atoms with Gasteiger partial charge in [0.25, 0.3) is 0 Å². The van der Waals surface area contributed by atoms with Crippen molar-refractivity contribution in [1.29, 1.82) is 0 Å². The van der Waals surface area contributed by atoms with Crippen molar-refractivity contribution in [3.63, 3.8) is 0 Å². The summed E-state index contributed by atoms with van der Waals surface area (Å²) in [6, 6.07) is 108. The average molecular weight is 973 g/mol. The Kier molecular flexibility index (Phi) is 10.6. The lowest BCUT2D eigenvalue weighted by molar-refractivity contribution is 1.18. The minimum Gasteiger partial charge on any atom is -0.228 e. The van der Waals surface area contributed by atoms with Crippen LogP contribution >= 0.6 is 0 Å². The summed E-state index contributed by atoms with van der Waals surface area (Å²) in [5, 5.41) is 11.2. The Hall–Kier alpha value is -9.07. The van der Waals surface area contributed by atoms with E-state index in [0.29, 0.717) is 5.82 Å². The van der Waals surface area contributed by atoms with Gasteiger partial charge in [0.05, 0.1) is 11.4 Å². The van der Waals surface area contributed by atoms with E-state index in [1.807, 2.05) is 6.07 Å². The number of aromatic nitrogens is 2. The zero-order valence-electron chi connectivity index (χ0n) is 40.6. The van der Waals surface area contributed by atoms with Crippen molar-refractivity contribution in [2.24, 2.45) is 0 Å². The summed E-state index contributed by atoms with van der Waals surface area (Å²) in [7, 11) is -5.55. The fourth-order valence-corrected chi connectivity index (χ4v) is 22.9. The van der Waals surface area contributed by atoms with Crippen LogP contribution in [0.15, 0.2) is 291 Å². The largest absolute Gasteiger partial charge is 0.228 e. The molecule has 0 aliphatic carbocycles. The molecule has 2 nitrogen and oxygen atoms in total. The van der Waals surface area contributed by atoms with Crippen LogP contribution in [-0.4, -0.2) is 26.1 Å². The minimum atomic E-state index is -2.77. The van der Waals surface area contributed by atoms with Gasteiger partial charge in [-0.1, -0.05) is 267 Å². The minimum absolute atomic E-state index is 0.697. The highest BCUT2D eigenvalue weighted by molar-refractivity contribution is 7.23. The molecule has 0 radical (unpaired) electrons. The smallest absolute Gasteiger partial charge is 0.180 e. The van der Waals surface area contributed by atoms with Crippen LogP contribution in [0.25, 0.3) is 78.4 Å². The van der Waals surface area contributed by atoms with Gasteiger partial charge >= 0.3 is 0 Å². The molecule has 14 rings (SSSR count). The molecule has 0 saturated carbocycles. The Balaban J connectivity index is 1.03. The predicted octanol–water partition coefficient (Wildman–Crippen LogP) is 11.5. The summed E-state index contributed by atoms with van der Waals surface area (Å²) in [6.45, 7) is 0. The molecule has 2 aliphatic rings. The van der Waals surface area contributed by atoms with Gasteiger partial charge in [0.1, 0.15) is 0 Å². The van der Waals surface area contributed by atoms with E-state index >= 15 is 0 Å². The molecular formula is C70H48N2Si2. The highest BCUT2D eigenvalue weighted by atomic mass is 28.3. The van der Waals surface area contributed by atoms with Crippen LogP contribution in [0, 0.1) is 0 Å². The fourth-order valence-electron chi connectivity index (χ4n) is 12.4. The van der Waals surface area contributed by atoms with Crippen molar-refractivity contribution >= 4 is 57.6 Å². The number of hydrogen-bond acceptors (Lipinski definition) is 2. The Labute approximate surface area is 434 Å². The van der Waals surface area contributed by atoms with Crippen molar-refractivity contribution in [2.75, 3.05) is 0 Å². The Morgan fingerprint density at radius 2 is 0.527 bits per heavy atom. The lowest BCUT2D eigenvalue weighted by Crippen LogP contribution is -2.72. The molecule has 2 aliphatic heterocycles. The second-order valence-corrected chi connectivity index (χ2v) is 27.0. The first-order valence-electron chi connectivity index (χ1n) is 25.5. The molecule has 74 heavy (non-hydrogen) atoms. The maximum atomic E-state index is 5.45. The fraction of sp³-hybridized carbons (Fsp3) is 0. The highest BCUT2D eigenvalue weighted by Gasteiger charge is 2.50. The van der Waals surface area contributed by atoms with Gasteiger partial charge in [-0.3, -0.25) is 0 Å². The van der Waals surface area contributed by atoms with E-state index in [0.717, 1.165) is 39.2 Å². The predicted molar refractivity (Wildman–Crippen MR) is 314 cm³/mol. The first-order chi connectivity index (χ1) is 36.7. The molecule has 0 amide bonds. The number of hydrogen-bond donors (Lipinski definition) is 0. The summed E-state index contributed by atoms with van der Waals surface area (Å²) in [6.07, 6.45) is 0. The van der Waals surface area contributed by atoms with E-state index in [9.17, 15) is 0 Å². The third-order valence-corrected chi connectivity index (χ3v) is 25.4. The number of fused-ring (bicyclic) bond motifs is 6. The summed E-state index contributed by atoms with van der Waals surface area (Å²) < 4.78 is 0. The molecule has 0 atom stereocenters. The maximum Gasteiger partial charge on any atom is 0.180 e. The summed E-state index contributed by atoms with van der Waals surface area (Å²) >= 11 is 0. The van der Waals surface area contributed by atoms with Crippen LogP contribution in [0.4, 0.5) is 0 Å². The number of nitrogens with zero attached hydrogens (tertiary/aromatic N) is 2. The second-order valence-electron chi connectivity index (χ2n) is 19.6. The molecule has 12 aromatic rings. The van der Waals surface area contributed by atoms with Crippen LogP contribution in [0.1, 0.15) is 0 Å². The van der Waals surface area contributed by atoms with Crippen LogP contribution in [-0.2, 0) is 0 Å². The summed E-state index contributed by atoms with van der Waals surface area (Å²) in [5.74, 6) is 0.697. The average Bonchev–Trinajstić information content (AvgIpc) is 3.96. The monoisotopic (exact) mass is 972 g/mol. The maximum absolute atomic E-state index is 5.45. The molecule has 0 saturated heterocycles. The molecule has 346 valence electrons. The Bertz CT molecular complexity index is 3710. The SMILES string of the molecule is c1ccc(-c2cc(-c3cc(-c4ccc5c(c4)[Si](c4ccccc4)(c4ccccc4)c4ccccc4-5)cc(-c4ccc5c(c4)[Si](c4ccccc4)(c4ccccc4)c4ccccc4-5)c3)nc(-c3ccccc3)n2)cc1. The zero-order chi connectivity index (χ0) is 49.1. The number of rotatable bonds is 9. The molecule has 4 heteroatoms. The molecule has 0 bridgehead atoms. The molecule has 0 N–H and O–H groups in total. The standard InChI is InChI=1S/C70H48N2Si2/c1-7-23-49(24-8-1)64-48-65(72-70(71-64)50-25-9-2-10-26-50)55-44-53(51-39-41-62-60-35-19-21-37-66(60)73(68(62)46-51,56-27-11-3-12-28-56)57-29-13-4-14-30-57)43-54(45-55)52-40-42-63-61-36-20-22-38-67(61)74(69(63)47-52,58-31-15-5-16-32-58)59-33-17-6-18-34-59/h1-48H. The van der Waals surface area contributed by atoms with Gasteiger partial charge in [0.15, 0.2) is 22.0 Å². The van der Waals surface area contributed by atoms with Crippen molar-refractivity contribution in [3.8, 4) is 78.4 Å². The van der Waals surface area contributed by atoms with E-state index < -0.39 is 16.1 Å². The van der Waals surface area contributed by atoms with Crippen LogP contribution in [0.3, 0.4) is 0 Å². The highest BCUT2D eigenvalue weighted by Crippen LogP contribution is 2.39. The molecular weight excluding hydrogens is 925 g/mol. The Morgan fingerprint density at radius 3 is 0.946 bits per heavy atom. The molecule has 0 fully saturated rings. The van der Waals surface area contributed by atoms with Gasteiger partial charge in [0, 0.05) is 16.7 Å². The van der Waals surface area contributed by atoms with Crippen LogP contribution < -0.4 is 41.5 Å². The van der Waals surface area contributed by atoms with E-state index in [2.05, 4.69) is 285 Å². The molecule has 0 spiro atoms. The van der Waals surface area contributed by atoms with Crippen molar-refractivity contribution in [1.82, 2.24) is 9.97 Å². The molecule has 11 aromatic carbocycles. The van der Waals surface area contributed by atoms with Gasteiger partial charge in [-0.15, -0.1) is 0 Å². The summed E-state index contributed by atoms with van der Waals surface area (Å²) in [4.78, 5) is 10.7. The zero-order valence-corrected chi connectivity index (χ0v) is 42.6. The third kappa shape index (κ3) is 6.91. The van der Waals surface area contributed by atoms with Crippen molar-refractivity contribution < 1.29 is 0 Å². The first-order valence-corrected chi connectivity index (χ1v) is 29.5. The van der Waals surface area contributed by atoms with Crippen LogP contribution in [0.2, 0.25) is 0 Å².